The molecule has 2 aliphatic rings. The summed E-state index contributed by atoms with van der Waals surface area (Å²) in [7, 11) is 2.09. The molecular weight excluding hydrogens is 236 g/mol. The molecular formula is C15H22N4. The molecule has 0 unspecified atom stereocenters. The van der Waals surface area contributed by atoms with Crippen molar-refractivity contribution in [1.29, 1.82) is 0 Å². The standard InChI is InChI=1S/C15H22N4/c1-18-12-9-16-15(18)17-13-7-3-4-8-14(13)19-10-5-2-6-11-19/h3-4,7-8H,2,5-6,9-12H2,1H3,(H,16,17). The molecule has 0 bridgehead atoms. The SMILES string of the molecule is CN1CCN=C1Nc1ccccc1N1CCCCC1. The Balaban J connectivity index is 1.80. The maximum absolute atomic E-state index is 4.51. The normalized spacial score (nSPS) is 19.5. The number of nitrogens with one attached hydrogen (secondary N) is 1. The molecule has 1 fully saturated rings. The number of rotatable bonds is 2. The second-order valence-electron chi connectivity index (χ2n) is 5.32. The van der Waals surface area contributed by atoms with Gasteiger partial charge in [-0.05, 0) is 31.4 Å². The number of aliphatic imine (C=N–C) groups is 1. The lowest BCUT2D eigenvalue weighted by Crippen LogP contribution is -2.32. The summed E-state index contributed by atoms with van der Waals surface area (Å²) in [6.45, 7) is 4.24. The topological polar surface area (TPSA) is 30.9 Å². The lowest BCUT2D eigenvalue weighted by Gasteiger charge is -2.31. The van der Waals surface area contributed by atoms with Crippen molar-refractivity contribution in [2.45, 2.75) is 19.3 Å². The van der Waals surface area contributed by atoms with Gasteiger partial charge in [0.25, 0.3) is 0 Å². The van der Waals surface area contributed by atoms with E-state index in [9.17, 15) is 0 Å². The molecule has 1 aromatic carbocycles. The summed E-state index contributed by atoms with van der Waals surface area (Å²) in [4.78, 5) is 9.17. The van der Waals surface area contributed by atoms with Crippen molar-refractivity contribution in [3.8, 4) is 0 Å². The Bertz CT molecular complexity index is 463. The third-order valence-electron chi connectivity index (χ3n) is 3.91. The summed E-state index contributed by atoms with van der Waals surface area (Å²) in [6.07, 6.45) is 3.96. The Labute approximate surface area is 115 Å². The summed E-state index contributed by atoms with van der Waals surface area (Å²) in [5, 5.41) is 3.49. The van der Waals surface area contributed by atoms with E-state index in [1.54, 1.807) is 0 Å². The number of guanidine groups is 1. The zero-order valence-electron chi connectivity index (χ0n) is 11.6. The Morgan fingerprint density at radius 3 is 2.58 bits per heavy atom. The monoisotopic (exact) mass is 258 g/mol. The van der Waals surface area contributed by atoms with Gasteiger partial charge in [-0.1, -0.05) is 12.1 Å². The van der Waals surface area contributed by atoms with Gasteiger partial charge in [0.2, 0.25) is 0 Å². The van der Waals surface area contributed by atoms with Crippen LogP contribution in [0.5, 0.6) is 0 Å². The van der Waals surface area contributed by atoms with E-state index in [0.29, 0.717) is 0 Å². The van der Waals surface area contributed by atoms with Crippen molar-refractivity contribution >= 4 is 17.3 Å². The van der Waals surface area contributed by atoms with Crippen molar-refractivity contribution in [3.63, 3.8) is 0 Å². The molecule has 0 saturated carbocycles. The molecule has 1 saturated heterocycles. The molecule has 19 heavy (non-hydrogen) atoms. The van der Waals surface area contributed by atoms with Gasteiger partial charge in [-0.15, -0.1) is 0 Å². The summed E-state index contributed by atoms with van der Waals surface area (Å²) in [5.74, 6) is 0.990. The van der Waals surface area contributed by atoms with Crippen molar-refractivity contribution in [2.75, 3.05) is 43.4 Å². The molecule has 4 nitrogen and oxygen atoms in total. The highest BCUT2D eigenvalue weighted by Crippen LogP contribution is 2.28. The van der Waals surface area contributed by atoms with Gasteiger partial charge in [0.05, 0.1) is 17.9 Å². The molecule has 102 valence electrons. The number of nitrogens with zero attached hydrogens (tertiary/aromatic N) is 3. The highest BCUT2D eigenvalue weighted by Gasteiger charge is 2.17. The van der Waals surface area contributed by atoms with Gasteiger partial charge in [0, 0.05) is 26.7 Å². The van der Waals surface area contributed by atoms with Crippen LogP contribution >= 0.6 is 0 Å². The Hall–Kier alpha value is -1.71. The minimum Gasteiger partial charge on any atom is -0.370 e. The maximum atomic E-state index is 4.51. The van der Waals surface area contributed by atoms with Gasteiger partial charge in [-0.3, -0.25) is 4.99 Å². The number of hydrogen-bond acceptors (Lipinski definition) is 4. The molecule has 0 atom stereocenters. The summed E-state index contributed by atoms with van der Waals surface area (Å²) in [5.41, 5.74) is 2.49. The van der Waals surface area contributed by atoms with Crippen LogP contribution in [0.25, 0.3) is 0 Å². The predicted octanol–water partition coefficient (Wildman–Crippen LogP) is 2.39. The highest BCUT2D eigenvalue weighted by molar-refractivity contribution is 5.97. The second kappa shape index (κ2) is 5.51. The summed E-state index contributed by atoms with van der Waals surface area (Å²) < 4.78 is 0. The molecule has 0 spiro atoms. The number of likely N-dealkylation sites (N-methyl/N-ethyl adjacent to an activating group) is 1. The van der Waals surface area contributed by atoms with Gasteiger partial charge in [-0.2, -0.15) is 0 Å². The van der Waals surface area contributed by atoms with Crippen LogP contribution < -0.4 is 10.2 Å². The smallest absolute Gasteiger partial charge is 0.198 e. The van der Waals surface area contributed by atoms with E-state index in [1.165, 1.54) is 43.7 Å². The summed E-state index contributed by atoms with van der Waals surface area (Å²) >= 11 is 0. The lowest BCUT2D eigenvalue weighted by atomic mass is 10.1. The zero-order chi connectivity index (χ0) is 13.1. The third kappa shape index (κ3) is 2.67. The van der Waals surface area contributed by atoms with Gasteiger partial charge >= 0.3 is 0 Å². The largest absolute Gasteiger partial charge is 0.370 e. The van der Waals surface area contributed by atoms with Gasteiger partial charge in [-0.25, -0.2) is 0 Å². The number of hydrogen-bond donors (Lipinski definition) is 1. The van der Waals surface area contributed by atoms with Crippen LogP contribution in [-0.4, -0.2) is 44.1 Å². The number of para-hydroxylation sites is 2. The van der Waals surface area contributed by atoms with E-state index in [-0.39, 0.29) is 0 Å². The minimum atomic E-state index is 0.894. The molecule has 1 aromatic rings. The fraction of sp³-hybridized carbons (Fsp3) is 0.533. The van der Waals surface area contributed by atoms with Crippen LogP contribution in [0.1, 0.15) is 19.3 Å². The first-order chi connectivity index (χ1) is 9.34. The Morgan fingerprint density at radius 2 is 1.84 bits per heavy atom. The van der Waals surface area contributed by atoms with E-state index >= 15 is 0 Å². The number of benzene rings is 1. The van der Waals surface area contributed by atoms with Crippen LogP contribution in [0, 0.1) is 0 Å². The molecule has 1 N–H and O–H groups in total. The molecule has 2 aliphatic heterocycles. The predicted molar refractivity (Wildman–Crippen MR) is 81.1 cm³/mol. The van der Waals surface area contributed by atoms with E-state index in [4.69, 9.17) is 0 Å². The van der Waals surface area contributed by atoms with Gasteiger partial charge in [0.1, 0.15) is 0 Å². The molecule has 0 radical (unpaired) electrons. The first-order valence-electron chi connectivity index (χ1n) is 7.21. The number of anilines is 2. The average Bonchev–Trinajstić information content (AvgIpc) is 2.86. The minimum absolute atomic E-state index is 0.894. The van der Waals surface area contributed by atoms with Crippen LogP contribution in [0.15, 0.2) is 29.3 Å². The highest BCUT2D eigenvalue weighted by atomic mass is 15.3. The number of piperidine rings is 1. The third-order valence-corrected chi connectivity index (χ3v) is 3.91. The quantitative estimate of drug-likeness (QED) is 0.883. The molecule has 3 rings (SSSR count). The van der Waals surface area contributed by atoms with E-state index in [1.807, 2.05) is 0 Å². The molecule has 2 heterocycles. The van der Waals surface area contributed by atoms with Crippen molar-refractivity contribution in [3.05, 3.63) is 24.3 Å². The Morgan fingerprint density at radius 1 is 1.05 bits per heavy atom. The lowest BCUT2D eigenvalue weighted by molar-refractivity contribution is 0.554. The fourth-order valence-corrected chi connectivity index (χ4v) is 2.78. The summed E-state index contributed by atoms with van der Waals surface area (Å²) in [6, 6.07) is 8.57. The molecule has 0 amide bonds. The van der Waals surface area contributed by atoms with E-state index in [0.717, 1.165) is 19.0 Å². The molecule has 4 heteroatoms. The van der Waals surface area contributed by atoms with Crippen molar-refractivity contribution < 1.29 is 0 Å². The van der Waals surface area contributed by atoms with E-state index < -0.39 is 0 Å². The van der Waals surface area contributed by atoms with Crippen LogP contribution in [-0.2, 0) is 0 Å². The van der Waals surface area contributed by atoms with Crippen molar-refractivity contribution in [1.82, 2.24) is 4.90 Å². The zero-order valence-corrected chi connectivity index (χ0v) is 11.6. The fourth-order valence-electron chi connectivity index (χ4n) is 2.78. The van der Waals surface area contributed by atoms with Crippen LogP contribution in [0.3, 0.4) is 0 Å². The maximum Gasteiger partial charge on any atom is 0.198 e. The molecule has 0 aromatic heterocycles. The van der Waals surface area contributed by atoms with Crippen LogP contribution in [0.2, 0.25) is 0 Å². The Kier molecular flexibility index (Phi) is 3.58. The van der Waals surface area contributed by atoms with Gasteiger partial charge < -0.3 is 15.1 Å². The van der Waals surface area contributed by atoms with Crippen molar-refractivity contribution in [2.24, 2.45) is 4.99 Å². The first kappa shape index (κ1) is 12.3. The van der Waals surface area contributed by atoms with Crippen LogP contribution in [0.4, 0.5) is 11.4 Å². The average molecular weight is 258 g/mol. The molecule has 0 aliphatic carbocycles. The van der Waals surface area contributed by atoms with Gasteiger partial charge in [0.15, 0.2) is 5.96 Å². The van der Waals surface area contributed by atoms with E-state index in [2.05, 4.69) is 51.4 Å². The first-order valence-corrected chi connectivity index (χ1v) is 7.21. The second-order valence-corrected chi connectivity index (χ2v) is 5.32.